The van der Waals surface area contributed by atoms with Crippen LogP contribution in [0.2, 0.25) is 5.02 Å². The summed E-state index contributed by atoms with van der Waals surface area (Å²) in [5, 5.41) is 34.7. The molecular weight excluding hydrogens is 456 g/mol. The van der Waals surface area contributed by atoms with E-state index in [0.717, 1.165) is 0 Å². The molecule has 0 aliphatic heterocycles. The first-order valence-corrected chi connectivity index (χ1v) is 9.73. The lowest BCUT2D eigenvalue weighted by molar-refractivity contribution is -0.139. The molecule has 0 aliphatic rings. The number of anilines is 1. The van der Waals surface area contributed by atoms with E-state index in [2.05, 4.69) is 28.6 Å². The van der Waals surface area contributed by atoms with Gasteiger partial charge in [0.2, 0.25) is 11.8 Å². The number of hydrogen-bond donors (Lipinski definition) is 7. The van der Waals surface area contributed by atoms with Crippen LogP contribution in [0.15, 0.2) is 24.3 Å². The summed E-state index contributed by atoms with van der Waals surface area (Å²) >= 11 is 9.63. The zero-order chi connectivity index (χ0) is 23.6. The van der Waals surface area contributed by atoms with Crippen molar-refractivity contribution in [3.8, 4) is 0 Å². The molecule has 0 heterocycles. The summed E-state index contributed by atoms with van der Waals surface area (Å²) in [6, 6.07) is 1.70. The minimum atomic E-state index is -1.52. The van der Waals surface area contributed by atoms with Gasteiger partial charge in [0.05, 0.1) is 5.69 Å². The fraction of sp³-hybridized carbons (Fsp3) is 0.353. The highest BCUT2D eigenvalue weighted by atomic mass is 35.5. The van der Waals surface area contributed by atoms with Gasteiger partial charge in [-0.2, -0.15) is 17.7 Å². The van der Waals surface area contributed by atoms with Crippen LogP contribution >= 0.6 is 24.2 Å². The second-order valence-corrected chi connectivity index (χ2v) is 6.88. The first-order chi connectivity index (χ1) is 14.5. The normalized spacial score (nSPS) is 12.2. The Kier molecular flexibility index (Phi) is 10.6. The summed E-state index contributed by atoms with van der Waals surface area (Å²) in [6.45, 7) is -0.641. The lowest BCUT2D eigenvalue weighted by atomic mass is 10.1. The largest absolute Gasteiger partial charge is 0.480 e. The van der Waals surface area contributed by atoms with Crippen molar-refractivity contribution in [3.05, 3.63) is 29.3 Å². The molecule has 0 unspecified atom stereocenters. The number of halogens is 1. The molecule has 1 aromatic rings. The van der Waals surface area contributed by atoms with Gasteiger partial charge in [-0.05, 0) is 30.7 Å². The van der Waals surface area contributed by atoms with Crippen molar-refractivity contribution in [1.82, 2.24) is 16.0 Å². The second kappa shape index (κ2) is 12.6. The van der Waals surface area contributed by atoms with Crippen LogP contribution < -0.4 is 21.0 Å². The van der Waals surface area contributed by atoms with Crippen LogP contribution in [-0.2, 0) is 19.2 Å². The number of urea groups is 1. The van der Waals surface area contributed by atoms with E-state index in [1.807, 2.05) is 0 Å². The number of nitrogens with zero attached hydrogens (tertiary/aromatic N) is 1. The molecule has 0 saturated carbocycles. The minimum Gasteiger partial charge on any atom is -0.480 e. The minimum absolute atomic E-state index is 0.0350. The Labute approximate surface area is 186 Å². The molecule has 6 N–H and O–H groups in total. The number of carboxylic acids is 2. The third kappa shape index (κ3) is 9.11. The summed E-state index contributed by atoms with van der Waals surface area (Å²) in [5.41, 5.74) is 0.0350. The molecule has 0 spiro atoms. The smallest absolute Gasteiger partial charge is 0.346 e. The monoisotopic (exact) mass is 476 g/mol. The Hall–Kier alpha value is -3.03. The van der Waals surface area contributed by atoms with Gasteiger partial charge in [-0.3, -0.25) is 19.6 Å². The van der Waals surface area contributed by atoms with E-state index < -0.39 is 48.4 Å². The molecule has 14 heteroatoms. The highest BCUT2D eigenvalue weighted by Gasteiger charge is 2.25. The van der Waals surface area contributed by atoms with Crippen LogP contribution in [0.1, 0.15) is 12.8 Å². The summed E-state index contributed by atoms with van der Waals surface area (Å²) in [4.78, 5) is 57.8. The number of hydroxylamine groups is 1. The maximum Gasteiger partial charge on any atom is 0.346 e. The summed E-state index contributed by atoms with van der Waals surface area (Å²) in [5.74, 6) is -4.34. The zero-order valence-corrected chi connectivity index (χ0v) is 17.6. The number of hydrogen-bond acceptors (Lipinski definition) is 7. The molecule has 0 radical (unpaired) electrons. The SMILES string of the molecule is O=C(O)CNC(=O)[C@H](CS)NC(=O)CC[C@H](NC(=O)N(O)c1ccc(Cl)cc1)C(=O)O. The third-order valence-corrected chi connectivity index (χ3v) is 4.38. The highest BCUT2D eigenvalue weighted by Crippen LogP contribution is 2.16. The predicted octanol–water partition coefficient (Wildman–Crippen LogP) is 0.0940. The quantitative estimate of drug-likeness (QED) is 0.133. The molecule has 1 aromatic carbocycles. The average molecular weight is 477 g/mol. The third-order valence-electron chi connectivity index (χ3n) is 3.77. The Bertz CT molecular complexity index is 823. The topological polar surface area (TPSA) is 185 Å². The molecule has 170 valence electrons. The lowest BCUT2D eigenvalue weighted by Crippen LogP contribution is -2.50. The number of carbonyl (C=O) groups is 5. The number of rotatable bonds is 11. The summed E-state index contributed by atoms with van der Waals surface area (Å²) in [7, 11) is 0. The van der Waals surface area contributed by atoms with Crippen LogP contribution in [0.4, 0.5) is 10.5 Å². The summed E-state index contributed by atoms with van der Waals surface area (Å²) in [6.07, 6.45) is -0.739. The Morgan fingerprint density at radius 2 is 1.65 bits per heavy atom. The van der Waals surface area contributed by atoms with Crippen LogP contribution in [0.25, 0.3) is 0 Å². The van der Waals surface area contributed by atoms with Crippen molar-refractivity contribution in [1.29, 1.82) is 0 Å². The van der Waals surface area contributed by atoms with Gasteiger partial charge < -0.3 is 26.2 Å². The number of nitrogens with one attached hydrogen (secondary N) is 3. The molecule has 0 saturated heterocycles. The number of benzene rings is 1. The number of amides is 4. The van der Waals surface area contributed by atoms with Gasteiger partial charge >= 0.3 is 18.0 Å². The van der Waals surface area contributed by atoms with E-state index in [0.29, 0.717) is 5.02 Å². The lowest BCUT2D eigenvalue weighted by Gasteiger charge is -2.20. The van der Waals surface area contributed by atoms with Crippen molar-refractivity contribution >= 4 is 59.7 Å². The van der Waals surface area contributed by atoms with Crippen molar-refractivity contribution in [2.75, 3.05) is 17.4 Å². The van der Waals surface area contributed by atoms with Gasteiger partial charge in [0.25, 0.3) is 0 Å². The molecule has 1 rings (SSSR count). The van der Waals surface area contributed by atoms with Gasteiger partial charge in [0, 0.05) is 17.2 Å². The number of carbonyl (C=O) groups excluding carboxylic acids is 3. The molecule has 4 amide bonds. The number of thiol groups is 1. The van der Waals surface area contributed by atoms with E-state index in [4.69, 9.17) is 16.7 Å². The standard InChI is InChI=1S/C17H21ClN4O8S/c18-9-1-3-10(4-2-9)22(30)17(29)21-11(16(27)28)5-6-13(23)20-12(8-31)15(26)19-7-14(24)25/h1-4,11-12,30-31H,5-8H2,(H,19,26)(H,20,23)(H,21,29)(H,24,25)(H,27,28)/t11-,12-/m0/s1. The number of aliphatic carboxylic acids is 2. The van der Waals surface area contributed by atoms with Crippen molar-refractivity contribution in [2.24, 2.45) is 0 Å². The first-order valence-electron chi connectivity index (χ1n) is 8.72. The molecule has 0 bridgehead atoms. The van der Waals surface area contributed by atoms with Crippen LogP contribution in [-0.4, -0.2) is 69.6 Å². The van der Waals surface area contributed by atoms with Crippen LogP contribution in [0, 0.1) is 0 Å². The van der Waals surface area contributed by atoms with E-state index in [9.17, 15) is 34.3 Å². The van der Waals surface area contributed by atoms with Gasteiger partial charge in [0.1, 0.15) is 18.6 Å². The molecule has 31 heavy (non-hydrogen) atoms. The fourth-order valence-corrected chi connectivity index (χ4v) is 2.57. The summed E-state index contributed by atoms with van der Waals surface area (Å²) < 4.78 is 0. The second-order valence-electron chi connectivity index (χ2n) is 6.08. The average Bonchev–Trinajstić information content (AvgIpc) is 2.72. The molecular formula is C17H21ClN4O8S. The van der Waals surface area contributed by atoms with Gasteiger partial charge in [-0.1, -0.05) is 11.6 Å². The molecule has 0 aromatic heterocycles. The zero-order valence-electron chi connectivity index (χ0n) is 15.9. The molecule has 0 fully saturated rings. The van der Waals surface area contributed by atoms with Crippen molar-refractivity contribution < 1.29 is 39.4 Å². The Morgan fingerprint density at radius 1 is 1.03 bits per heavy atom. The van der Waals surface area contributed by atoms with Crippen LogP contribution in [0.5, 0.6) is 0 Å². The maximum atomic E-state index is 12.1. The van der Waals surface area contributed by atoms with E-state index in [1.165, 1.54) is 24.3 Å². The van der Waals surface area contributed by atoms with Crippen molar-refractivity contribution in [2.45, 2.75) is 24.9 Å². The predicted molar refractivity (Wildman–Crippen MR) is 111 cm³/mol. The van der Waals surface area contributed by atoms with Crippen LogP contribution in [0.3, 0.4) is 0 Å². The first kappa shape index (κ1) is 26.0. The molecule has 0 aliphatic carbocycles. The Morgan fingerprint density at radius 3 is 2.16 bits per heavy atom. The van der Waals surface area contributed by atoms with Gasteiger partial charge in [0.15, 0.2) is 0 Å². The Balaban J connectivity index is 2.62. The number of carboxylic acid groups (broad SMARTS) is 2. The van der Waals surface area contributed by atoms with E-state index >= 15 is 0 Å². The van der Waals surface area contributed by atoms with Crippen molar-refractivity contribution in [3.63, 3.8) is 0 Å². The fourth-order valence-electron chi connectivity index (χ4n) is 2.19. The van der Waals surface area contributed by atoms with Gasteiger partial charge in [-0.25, -0.2) is 9.59 Å². The molecule has 12 nitrogen and oxygen atoms in total. The van der Waals surface area contributed by atoms with E-state index in [1.54, 1.807) is 0 Å². The van der Waals surface area contributed by atoms with Gasteiger partial charge in [-0.15, -0.1) is 0 Å². The highest BCUT2D eigenvalue weighted by molar-refractivity contribution is 7.80. The van der Waals surface area contributed by atoms with E-state index in [-0.39, 0.29) is 29.3 Å². The maximum absolute atomic E-state index is 12.1. The molecule has 2 atom stereocenters.